The maximum Gasteiger partial charge on any atom is 0.260 e. The molecular formula is C20H20N2O2S. The highest BCUT2D eigenvalue weighted by atomic mass is 32.1. The Labute approximate surface area is 151 Å². The molecule has 0 aliphatic rings. The van der Waals surface area contributed by atoms with E-state index in [4.69, 9.17) is 4.74 Å². The van der Waals surface area contributed by atoms with Crippen molar-refractivity contribution in [3.63, 3.8) is 0 Å². The van der Waals surface area contributed by atoms with Crippen molar-refractivity contribution in [2.24, 2.45) is 0 Å². The molecule has 0 bridgehead atoms. The molecule has 2 aromatic heterocycles. The molecule has 0 aliphatic heterocycles. The summed E-state index contributed by atoms with van der Waals surface area (Å²) >= 11 is 1.64. The van der Waals surface area contributed by atoms with Crippen LogP contribution in [0.5, 0.6) is 5.75 Å². The number of carbonyl (C=O) groups excluding carboxylic acids is 1. The summed E-state index contributed by atoms with van der Waals surface area (Å²) in [5, 5.41) is 2.02. The van der Waals surface area contributed by atoms with E-state index < -0.39 is 0 Å². The summed E-state index contributed by atoms with van der Waals surface area (Å²) in [6.07, 6.45) is 0. The van der Waals surface area contributed by atoms with Crippen LogP contribution in [0.2, 0.25) is 0 Å². The molecule has 0 N–H and O–H groups in total. The molecule has 5 heteroatoms. The van der Waals surface area contributed by atoms with Gasteiger partial charge in [-0.2, -0.15) is 0 Å². The van der Waals surface area contributed by atoms with Crippen LogP contribution < -0.4 is 9.64 Å². The largest absolute Gasteiger partial charge is 0.497 e. The monoisotopic (exact) mass is 352 g/mol. The highest BCUT2D eigenvalue weighted by Crippen LogP contribution is 2.25. The van der Waals surface area contributed by atoms with Crippen LogP contribution in [0, 0.1) is 13.8 Å². The van der Waals surface area contributed by atoms with Gasteiger partial charge in [0.1, 0.15) is 5.75 Å². The van der Waals surface area contributed by atoms with E-state index in [0.29, 0.717) is 12.1 Å². The van der Waals surface area contributed by atoms with Crippen LogP contribution >= 0.6 is 11.3 Å². The number of ether oxygens (including phenoxy) is 1. The first-order chi connectivity index (χ1) is 12.1. The lowest BCUT2D eigenvalue weighted by Gasteiger charge is -2.23. The highest BCUT2D eigenvalue weighted by molar-refractivity contribution is 7.09. The average Bonchev–Trinajstić information content (AvgIpc) is 3.12. The fraction of sp³-hybridized carbons (Fsp3) is 0.200. The molecule has 128 valence electrons. The van der Waals surface area contributed by atoms with Crippen molar-refractivity contribution in [1.82, 2.24) is 4.98 Å². The number of aromatic nitrogens is 1. The second-order valence-electron chi connectivity index (χ2n) is 5.75. The molecule has 4 nitrogen and oxygen atoms in total. The van der Waals surface area contributed by atoms with Gasteiger partial charge in [0, 0.05) is 16.3 Å². The highest BCUT2D eigenvalue weighted by Gasteiger charge is 2.21. The number of hydrogen-bond donors (Lipinski definition) is 0. The number of aryl methyl sites for hydroxylation is 2. The maximum absolute atomic E-state index is 13.2. The van der Waals surface area contributed by atoms with Gasteiger partial charge in [-0.1, -0.05) is 6.07 Å². The van der Waals surface area contributed by atoms with Crippen LogP contribution in [0.3, 0.4) is 0 Å². The quantitative estimate of drug-likeness (QED) is 0.673. The van der Waals surface area contributed by atoms with Crippen LogP contribution in [0.25, 0.3) is 0 Å². The standard InChI is InChI=1S/C20H20N2O2S/c1-14-6-11-19(15(2)21-14)20(23)22(13-18-5-4-12-25-18)16-7-9-17(24-3)10-8-16/h4-12H,13H2,1-3H3. The summed E-state index contributed by atoms with van der Waals surface area (Å²) < 4.78 is 5.22. The van der Waals surface area contributed by atoms with Gasteiger partial charge in [0.15, 0.2) is 0 Å². The van der Waals surface area contributed by atoms with Crippen LogP contribution in [0.4, 0.5) is 5.69 Å². The van der Waals surface area contributed by atoms with Crippen LogP contribution in [-0.4, -0.2) is 18.0 Å². The lowest BCUT2D eigenvalue weighted by Crippen LogP contribution is -2.30. The van der Waals surface area contributed by atoms with Gasteiger partial charge in [0.25, 0.3) is 5.91 Å². The molecule has 3 aromatic rings. The Morgan fingerprint density at radius 3 is 2.48 bits per heavy atom. The Kier molecular flexibility index (Phi) is 5.14. The van der Waals surface area contributed by atoms with Crippen molar-refractivity contribution in [1.29, 1.82) is 0 Å². The fourth-order valence-electron chi connectivity index (χ4n) is 2.66. The van der Waals surface area contributed by atoms with Crippen LogP contribution in [0.15, 0.2) is 53.9 Å². The van der Waals surface area contributed by atoms with E-state index in [9.17, 15) is 4.79 Å². The van der Waals surface area contributed by atoms with Gasteiger partial charge in [0.05, 0.1) is 24.9 Å². The SMILES string of the molecule is COc1ccc(N(Cc2cccs2)C(=O)c2ccc(C)nc2C)cc1. The molecule has 0 fully saturated rings. The van der Waals surface area contributed by atoms with Gasteiger partial charge < -0.3 is 9.64 Å². The predicted molar refractivity (Wildman–Crippen MR) is 102 cm³/mol. The van der Waals surface area contributed by atoms with Crippen molar-refractivity contribution in [2.75, 3.05) is 12.0 Å². The lowest BCUT2D eigenvalue weighted by molar-refractivity contribution is 0.0984. The Hall–Kier alpha value is -2.66. The van der Waals surface area contributed by atoms with Gasteiger partial charge >= 0.3 is 0 Å². The first-order valence-electron chi connectivity index (χ1n) is 8.01. The van der Waals surface area contributed by atoms with Gasteiger partial charge in [0.2, 0.25) is 0 Å². The Morgan fingerprint density at radius 2 is 1.88 bits per heavy atom. The number of benzene rings is 1. The zero-order valence-corrected chi connectivity index (χ0v) is 15.3. The molecule has 0 saturated carbocycles. The minimum absolute atomic E-state index is 0.0523. The van der Waals surface area contributed by atoms with E-state index >= 15 is 0 Å². The fourth-order valence-corrected chi connectivity index (χ4v) is 3.35. The predicted octanol–water partition coefficient (Wildman–Crippen LogP) is 4.62. The number of carbonyl (C=O) groups is 1. The lowest BCUT2D eigenvalue weighted by atomic mass is 10.1. The molecule has 2 heterocycles. The molecule has 0 aliphatic carbocycles. The third-order valence-corrected chi connectivity index (χ3v) is 4.84. The number of hydrogen-bond acceptors (Lipinski definition) is 4. The number of anilines is 1. The van der Waals surface area contributed by atoms with Crippen LogP contribution in [-0.2, 0) is 6.54 Å². The molecule has 0 spiro atoms. The first kappa shape index (κ1) is 17.2. The van der Waals surface area contributed by atoms with Crippen molar-refractivity contribution in [3.8, 4) is 5.75 Å². The Bertz CT molecular complexity index is 858. The molecule has 0 atom stereocenters. The number of pyridine rings is 1. The zero-order valence-electron chi connectivity index (χ0n) is 14.5. The molecule has 3 rings (SSSR count). The number of nitrogens with zero attached hydrogens (tertiary/aromatic N) is 2. The zero-order chi connectivity index (χ0) is 17.8. The van der Waals surface area contributed by atoms with Gasteiger partial charge in [-0.3, -0.25) is 9.78 Å². The van der Waals surface area contributed by atoms with E-state index in [-0.39, 0.29) is 5.91 Å². The third-order valence-electron chi connectivity index (χ3n) is 3.98. The molecule has 1 aromatic carbocycles. The summed E-state index contributed by atoms with van der Waals surface area (Å²) in [7, 11) is 1.63. The number of methoxy groups -OCH3 is 1. The van der Waals surface area contributed by atoms with Gasteiger partial charge in [-0.25, -0.2) is 0 Å². The Morgan fingerprint density at radius 1 is 1.12 bits per heavy atom. The molecule has 1 amide bonds. The Balaban J connectivity index is 1.98. The maximum atomic E-state index is 13.2. The molecule has 25 heavy (non-hydrogen) atoms. The number of rotatable bonds is 5. The summed E-state index contributed by atoms with van der Waals surface area (Å²) in [4.78, 5) is 20.6. The summed E-state index contributed by atoms with van der Waals surface area (Å²) in [6.45, 7) is 4.32. The topological polar surface area (TPSA) is 42.4 Å². The second-order valence-corrected chi connectivity index (χ2v) is 6.79. The normalized spacial score (nSPS) is 10.5. The number of thiophene rings is 1. The number of amides is 1. The van der Waals surface area contributed by atoms with E-state index in [0.717, 1.165) is 27.7 Å². The first-order valence-corrected chi connectivity index (χ1v) is 8.89. The molecule has 0 unspecified atom stereocenters. The van der Waals surface area contributed by atoms with Crippen molar-refractivity contribution in [3.05, 3.63) is 75.7 Å². The van der Waals surface area contributed by atoms with E-state index in [2.05, 4.69) is 4.98 Å². The summed E-state index contributed by atoms with van der Waals surface area (Å²) in [6, 6.07) is 15.3. The minimum Gasteiger partial charge on any atom is -0.497 e. The van der Waals surface area contributed by atoms with E-state index in [1.165, 1.54) is 0 Å². The van der Waals surface area contributed by atoms with E-state index in [1.54, 1.807) is 23.3 Å². The third kappa shape index (κ3) is 3.88. The van der Waals surface area contributed by atoms with E-state index in [1.807, 2.05) is 67.8 Å². The molecular weight excluding hydrogens is 332 g/mol. The van der Waals surface area contributed by atoms with Crippen molar-refractivity contribution in [2.45, 2.75) is 20.4 Å². The molecule has 0 radical (unpaired) electrons. The van der Waals surface area contributed by atoms with Crippen molar-refractivity contribution < 1.29 is 9.53 Å². The average molecular weight is 352 g/mol. The minimum atomic E-state index is -0.0523. The van der Waals surface area contributed by atoms with Gasteiger partial charge in [-0.15, -0.1) is 11.3 Å². The smallest absolute Gasteiger partial charge is 0.260 e. The molecule has 0 saturated heterocycles. The van der Waals surface area contributed by atoms with Gasteiger partial charge in [-0.05, 0) is 61.7 Å². The summed E-state index contributed by atoms with van der Waals surface area (Å²) in [5.41, 5.74) is 3.11. The van der Waals surface area contributed by atoms with Crippen molar-refractivity contribution >= 4 is 22.9 Å². The summed E-state index contributed by atoms with van der Waals surface area (Å²) in [5.74, 6) is 0.712. The second kappa shape index (κ2) is 7.49. The van der Waals surface area contributed by atoms with Crippen LogP contribution in [0.1, 0.15) is 26.6 Å².